The number of carbonyl (C=O) groups excluding carboxylic acids is 1. The van der Waals surface area contributed by atoms with Crippen LogP contribution in [-0.2, 0) is 6.54 Å². The molecule has 2 heterocycles. The van der Waals surface area contributed by atoms with Crippen molar-refractivity contribution in [1.29, 1.82) is 0 Å². The number of hydrogen-bond acceptors (Lipinski definition) is 5. The van der Waals surface area contributed by atoms with Gasteiger partial charge in [-0.25, -0.2) is 4.98 Å². The molecular formula is C19H16N2O3S. The molecule has 2 aromatic carbocycles. The molecule has 0 atom stereocenters. The number of amides is 1. The lowest BCUT2D eigenvalue weighted by molar-refractivity contribution is 0.0946. The summed E-state index contributed by atoms with van der Waals surface area (Å²) in [6.07, 6.45) is 0. The average molecular weight is 352 g/mol. The number of nitrogens with zero attached hydrogens (tertiary/aromatic N) is 1. The van der Waals surface area contributed by atoms with Crippen molar-refractivity contribution in [2.45, 2.75) is 6.54 Å². The highest BCUT2D eigenvalue weighted by Gasteiger charge is 2.14. The molecule has 126 valence electrons. The minimum Gasteiger partial charge on any atom is -0.486 e. The molecule has 1 aliphatic rings. The van der Waals surface area contributed by atoms with Crippen molar-refractivity contribution in [3.8, 4) is 22.1 Å². The minimum absolute atomic E-state index is 0.187. The highest BCUT2D eigenvalue weighted by Crippen LogP contribution is 2.30. The highest BCUT2D eigenvalue weighted by molar-refractivity contribution is 7.13. The van der Waals surface area contributed by atoms with Gasteiger partial charge in [0.1, 0.15) is 23.9 Å². The van der Waals surface area contributed by atoms with Crippen molar-refractivity contribution < 1.29 is 14.3 Å². The van der Waals surface area contributed by atoms with Gasteiger partial charge in [0, 0.05) is 17.5 Å². The third-order valence-corrected chi connectivity index (χ3v) is 4.71. The molecule has 1 amide bonds. The van der Waals surface area contributed by atoms with Gasteiger partial charge in [-0.15, -0.1) is 11.3 Å². The molecular weight excluding hydrogens is 336 g/mol. The van der Waals surface area contributed by atoms with Gasteiger partial charge in [0.05, 0.1) is 0 Å². The molecule has 25 heavy (non-hydrogen) atoms. The molecule has 0 fully saturated rings. The predicted molar refractivity (Wildman–Crippen MR) is 96.2 cm³/mol. The van der Waals surface area contributed by atoms with Gasteiger partial charge in [-0.3, -0.25) is 4.79 Å². The number of nitrogens with one attached hydrogen (secondary N) is 1. The summed E-state index contributed by atoms with van der Waals surface area (Å²) in [4.78, 5) is 16.8. The van der Waals surface area contributed by atoms with E-state index in [1.54, 1.807) is 5.38 Å². The van der Waals surface area contributed by atoms with Crippen molar-refractivity contribution in [2.24, 2.45) is 0 Å². The Hall–Kier alpha value is -2.86. The zero-order chi connectivity index (χ0) is 17.1. The summed E-state index contributed by atoms with van der Waals surface area (Å²) in [7, 11) is 0. The summed E-state index contributed by atoms with van der Waals surface area (Å²) in [5, 5.41) is 5.51. The SMILES string of the molecule is O=C(NCc1ccc2c(c1)OCCO2)c1csc(-c2ccccc2)n1. The van der Waals surface area contributed by atoms with Crippen LogP contribution in [-0.4, -0.2) is 24.1 Å². The molecule has 5 nitrogen and oxygen atoms in total. The Morgan fingerprint density at radius 3 is 2.72 bits per heavy atom. The molecule has 0 unspecified atom stereocenters. The van der Waals surface area contributed by atoms with Crippen LogP contribution in [0.1, 0.15) is 16.1 Å². The molecule has 3 aromatic rings. The van der Waals surface area contributed by atoms with Crippen LogP contribution in [0.5, 0.6) is 11.5 Å². The fourth-order valence-corrected chi connectivity index (χ4v) is 3.37. The summed E-state index contributed by atoms with van der Waals surface area (Å²) in [5.41, 5.74) is 2.40. The zero-order valence-electron chi connectivity index (χ0n) is 13.4. The number of aromatic nitrogens is 1. The fraction of sp³-hybridized carbons (Fsp3) is 0.158. The first-order chi connectivity index (χ1) is 12.3. The van der Waals surface area contributed by atoms with Gasteiger partial charge in [-0.05, 0) is 17.7 Å². The standard InChI is InChI=1S/C19H16N2O3S/c22-18(15-12-25-19(21-15)14-4-2-1-3-5-14)20-11-13-6-7-16-17(10-13)24-9-8-23-16/h1-7,10,12H,8-9,11H2,(H,20,22). The van der Waals surface area contributed by atoms with Crippen LogP contribution in [0.3, 0.4) is 0 Å². The van der Waals surface area contributed by atoms with Gasteiger partial charge >= 0.3 is 0 Å². The topological polar surface area (TPSA) is 60.5 Å². The lowest BCUT2D eigenvalue weighted by atomic mass is 10.2. The zero-order valence-corrected chi connectivity index (χ0v) is 14.2. The van der Waals surface area contributed by atoms with E-state index in [0.717, 1.165) is 27.6 Å². The second-order valence-electron chi connectivity index (χ2n) is 5.56. The number of carbonyl (C=O) groups is 1. The molecule has 1 aromatic heterocycles. The van der Waals surface area contributed by atoms with Gasteiger partial charge in [0.15, 0.2) is 11.5 Å². The number of hydrogen-bond donors (Lipinski definition) is 1. The lowest BCUT2D eigenvalue weighted by Crippen LogP contribution is -2.23. The molecule has 0 spiro atoms. The van der Waals surface area contributed by atoms with Crippen LogP contribution in [0.25, 0.3) is 10.6 Å². The van der Waals surface area contributed by atoms with E-state index in [0.29, 0.717) is 25.5 Å². The van der Waals surface area contributed by atoms with Gasteiger partial charge in [-0.2, -0.15) is 0 Å². The van der Waals surface area contributed by atoms with E-state index in [-0.39, 0.29) is 5.91 Å². The monoisotopic (exact) mass is 352 g/mol. The van der Waals surface area contributed by atoms with Crippen LogP contribution in [0.15, 0.2) is 53.9 Å². The summed E-state index contributed by atoms with van der Waals surface area (Å²) < 4.78 is 11.1. The number of thiazole rings is 1. The maximum Gasteiger partial charge on any atom is 0.271 e. The Kier molecular flexibility index (Phi) is 4.35. The maximum atomic E-state index is 12.3. The van der Waals surface area contributed by atoms with Crippen molar-refractivity contribution in [1.82, 2.24) is 10.3 Å². The third kappa shape index (κ3) is 3.49. The van der Waals surface area contributed by atoms with Crippen LogP contribution in [0, 0.1) is 0 Å². The van der Waals surface area contributed by atoms with E-state index in [4.69, 9.17) is 9.47 Å². The van der Waals surface area contributed by atoms with Crippen LogP contribution < -0.4 is 14.8 Å². The summed E-state index contributed by atoms with van der Waals surface area (Å²) in [5.74, 6) is 1.28. The molecule has 1 aliphatic heterocycles. The molecule has 4 rings (SSSR count). The molecule has 6 heteroatoms. The third-order valence-electron chi connectivity index (χ3n) is 3.82. The Labute approximate surface area is 149 Å². The van der Waals surface area contributed by atoms with E-state index < -0.39 is 0 Å². The van der Waals surface area contributed by atoms with Gasteiger partial charge in [-0.1, -0.05) is 36.4 Å². The Morgan fingerprint density at radius 2 is 1.88 bits per heavy atom. The van der Waals surface area contributed by atoms with E-state index in [2.05, 4.69) is 10.3 Å². The molecule has 0 saturated carbocycles. The van der Waals surface area contributed by atoms with Crippen molar-refractivity contribution >= 4 is 17.2 Å². The van der Waals surface area contributed by atoms with Crippen molar-refractivity contribution in [2.75, 3.05) is 13.2 Å². The van der Waals surface area contributed by atoms with Gasteiger partial charge in [0.25, 0.3) is 5.91 Å². The van der Waals surface area contributed by atoms with Crippen molar-refractivity contribution in [3.05, 3.63) is 65.2 Å². The highest BCUT2D eigenvalue weighted by atomic mass is 32.1. The number of ether oxygens (including phenoxy) is 2. The van der Waals surface area contributed by atoms with Gasteiger partial charge in [0.2, 0.25) is 0 Å². The average Bonchev–Trinajstić information content (AvgIpc) is 3.17. The van der Waals surface area contributed by atoms with Crippen LogP contribution in [0.2, 0.25) is 0 Å². The second kappa shape index (κ2) is 6.94. The molecule has 1 N–H and O–H groups in total. The first-order valence-corrected chi connectivity index (χ1v) is 8.85. The van der Waals surface area contributed by atoms with Crippen molar-refractivity contribution in [3.63, 3.8) is 0 Å². The van der Waals surface area contributed by atoms with Crippen LogP contribution in [0.4, 0.5) is 0 Å². The number of fused-ring (bicyclic) bond motifs is 1. The largest absolute Gasteiger partial charge is 0.486 e. The summed E-state index contributed by atoms with van der Waals surface area (Å²) >= 11 is 1.46. The molecule has 0 radical (unpaired) electrons. The Morgan fingerprint density at radius 1 is 1.08 bits per heavy atom. The lowest BCUT2D eigenvalue weighted by Gasteiger charge is -2.18. The molecule has 0 bridgehead atoms. The smallest absolute Gasteiger partial charge is 0.271 e. The maximum absolute atomic E-state index is 12.3. The van der Waals surface area contributed by atoms with E-state index in [1.165, 1.54) is 11.3 Å². The quantitative estimate of drug-likeness (QED) is 0.781. The van der Waals surface area contributed by atoms with E-state index in [1.807, 2.05) is 48.5 Å². The van der Waals surface area contributed by atoms with Crippen LogP contribution >= 0.6 is 11.3 Å². The van der Waals surface area contributed by atoms with Gasteiger partial charge < -0.3 is 14.8 Å². The minimum atomic E-state index is -0.187. The first kappa shape index (κ1) is 15.7. The first-order valence-electron chi connectivity index (χ1n) is 7.97. The second-order valence-corrected chi connectivity index (χ2v) is 6.42. The number of rotatable bonds is 4. The normalized spacial score (nSPS) is 12.6. The van der Waals surface area contributed by atoms with E-state index >= 15 is 0 Å². The summed E-state index contributed by atoms with van der Waals surface area (Å²) in [6, 6.07) is 15.5. The molecule has 0 saturated heterocycles. The fourth-order valence-electron chi connectivity index (χ4n) is 2.56. The molecule has 0 aliphatic carbocycles. The summed E-state index contributed by atoms with van der Waals surface area (Å²) in [6.45, 7) is 1.52. The predicted octanol–water partition coefficient (Wildman–Crippen LogP) is 3.51. The number of benzene rings is 2. The van der Waals surface area contributed by atoms with E-state index in [9.17, 15) is 4.79 Å². The Bertz CT molecular complexity index is 893. The Balaban J connectivity index is 1.42.